The summed E-state index contributed by atoms with van der Waals surface area (Å²) >= 11 is 0. The molecule has 3 rings (SSSR count). The Bertz CT molecular complexity index is 502. The summed E-state index contributed by atoms with van der Waals surface area (Å²) in [7, 11) is 0. The highest BCUT2D eigenvalue weighted by atomic mass is 16.4. The monoisotopic (exact) mass is 273 g/mol. The number of amides is 1. The molecule has 106 valence electrons. The van der Waals surface area contributed by atoms with E-state index in [0.29, 0.717) is 17.5 Å². The van der Waals surface area contributed by atoms with Gasteiger partial charge in [-0.2, -0.15) is 0 Å². The van der Waals surface area contributed by atoms with E-state index in [2.05, 4.69) is 0 Å². The molecular formula is C16H19NO3. The van der Waals surface area contributed by atoms with Gasteiger partial charge in [0.1, 0.15) is 6.54 Å². The Kier molecular flexibility index (Phi) is 3.47. The second-order valence-electron chi connectivity index (χ2n) is 5.79. The van der Waals surface area contributed by atoms with Gasteiger partial charge in [-0.1, -0.05) is 31.0 Å². The molecule has 4 heteroatoms. The van der Waals surface area contributed by atoms with Crippen molar-refractivity contribution in [1.82, 2.24) is 0 Å². The first-order valence-electron chi connectivity index (χ1n) is 7.26. The molecule has 2 unspecified atom stereocenters. The van der Waals surface area contributed by atoms with Crippen LogP contribution in [0.25, 0.3) is 0 Å². The molecule has 1 aromatic carbocycles. The maximum atomic E-state index is 12.7. The number of benzene rings is 1. The molecule has 0 radical (unpaired) electrons. The van der Waals surface area contributed by atoms with Crippen molar-refractivity contribution in [3.8, 4) is 0 Å². The molecule has 0 saturated heterocycles. The summed E-state index contributed by atoms with van der Waals surface area (Å²) in [4.78, 5) is 25.2. The molecule has 0 bridgehead atoms. The van der Waals surface area contributed by atoms with E-state index in [1.54, 1.807) is 12.1 Å². The quantitative estimate of drug-likeness (QED) is 0.917. The van der Waals surface area contributed by atoms with Gasteiger partial charge in [0.2, 0.25) is 5.91 Å². The summed E-state index contributed by atoms with van der Waals surface area (Å²) in [6.45, 7) is -0.251. The number of rotatable bonds is 4. The Hall–Kier alpha value is -1.84. The van der Waals surface area contributed by atoms with Gasteiger partial charge in [-0.3, -0.25) is 9.59 Å². The van der Waals surface area contributed by atoms with E-state index < -0.39 is 5.97 Å². The first-order chi connectivity index (χ1) is 9.68. The topological polar surface area (TPSA) is 57.6 Å². The minimum absolute atomic E-state index is 0.00417. The number of fused-ring (bicyclic) bond motifs is 1. The molecule has 0 heterocycles. The summed E-state index contributed by atoms with van der Waals surface area (Å²) in [6.07, 6.45) is 4.65. The van der Waals surface area contributed by atoms with Gasteiger partial charge in [-0.25, -0.2) is 0 Å². The lowest BCUT2D eigenvalue weighted by atomic mass is 10.0. The highest BCUT2D eigenvalue weighted by Crippen LogP contribution is 2.56. The van der Waals surface area contributed by atoms with Crippen LogP contribution in [0, 0.1) is 17.8 Å². The largest absolute Gasteiger partial charge is 0.480 e. The van der Waals surface area contributed by atoms with E-state index >= 15 is 0 Å². The van der Waals surface area contributed by atoms with Gasteiger partial charge in [0.15, 0.2) is 0 Å². The zero-order valence-corrected chi connectivity index (χ0v) is 11.4. The molecule has 2 aliphatic carbocycles. The maximum absolute atomic E-state index is 12.7. The third-order valence-electron chi connectivity index (χ3n) is 4.57. The lowest BCUT2D eigenvalue weighted by Crippen LogP contribution is -2.37. The molecule has 0 aromatic heterocycles. The van der Waals surface area contributed by atoms with Crippen LogP contribution in [0.2, 0.25) is 0 Å². The number of carbonyl (C=O) groups excluding carboxylic acids is 1. The van der Waals surface area contributed by atoms with Crippen molar-refractivity contribution >= 4 is 17.6 Å². The third-order valence-corrected chi connectivity index (χ3v) is 4.57. The third kappa shape index (κ3) is 2.42. The maximum Gasteiger partial charge on any atom is 0.323 e. The summed E-state index contributed by atoms with van der Waals surface area (Å²) < 4.78 is 0. The fraction of sp³-hybridized carbons (Fsp3) is 0.500. The van der Waals surface area contributed by atoms with Gasteiger partial charge < -0.3 is 10.0 Å². The Balaban J connectivity index is 1.79. The highest BCUT2D eigenvalue weighted by molar-refractivity contribution is 6.00. The molecule has 2 saturated carbocycles. The summed E-state index contributed by atoms with van der Waals surface area (Å²) in [6, 6.07) is 9.12. The van der Waals surface area contributed by atoms with Crippen molar-refractivity contribution < 1.29 is 14.7 Å². The van der Waals surface area contributed by atoms with Gasteiger partial charge in [-0.15, -0.1) is 0 Å². The molecule has 2 aliphatic rings. The summed E-state index contributed by atoms with van der Waals surface area (Å²) in [5.41, 5.74) is 0.684. The van der Waals surface area contributed by atoms with E-state index in [1.807, 2.05) is 18.2 Å². The van der Waals surface area contributed by atoms with E-state index in [0.717, 1.165) is 12.8 Å². The number of aliphatic carboxylic acids is 1. The molecule has 0 spiro atoms. The molecule has 2 fully saturated rings. The second kappa shape index (κ2) is 5.27. The molecule has 1 amide bonds. The van der Waals surface area contributed by atoms with Gasteiger partial charge in [0.25, 0.3) is 0 Å². The van der Waals surface area contributed by atoms with Crippen molar-refractivity contribution in [3.63, 3.8) is 0 Å². The first-order valence-corrected chi connectivity index (χ1v) is 7.26. The number of carbonyl (C=O) groups is 2. The van der Waals surface area contributed by atoms with Crippen molar-refractivity contribution in [3.05, 3.63) is 30.3 Å². The first kappa shape index (κ1) is 13.2. The molecule has 20 heavy (non-hydrogen) atoms. The fourth-order valence-electron chi connectivity index (χ4n) is 3.58. The van der Waals surface area contributed by atoms with Crippen molar-refractivity contribution in [2.45, 2.75) is 25.7 Å². The molecule has 0 aliphatic heterocycles. The number of hydrogen-bond acceptors (Lipinski definition) is 2. The fourth-order valence-corrected chi connectivity index (χ4v) is 3.58. The molecule has 1 N–H and O–H groups in total. The predicted molar refractivity (Wildman–Crippen MR) is 75.4 cm³/mol. The smallest absolute Gasteiger partial charge is 0.323 e. The zero-order chi connectivity index (χ0) is 14.1. The minimum Gasteiger partial charge on any atom is -0.480 e. The van der Waals surface area contributed by atoms with Crippen molar-refractivity contribution in [2.24, 2.45) is 17.8 Å². The van der Waals surface area contributed by atoms with E-state index in [1.165, 1.54) is 17.7 Å². The molecule has 1 aromatic rings. The number of carboxylic acids is 1. The van der Waals surface area contributed by atoms with Gasteiger partial charge in [-0.05, 0) is 36.8 Å². The average molecular weight is 273 g/mol. The standard InChI is InChI=1S/C16H19NO3/c18-14(19)10-17(11-6-2-1-3-7-11)16(20)15-12-8-4-5-9-13(12)15/h1-3,6-7,12-13,15H,4-5,8-10H2,(H,18,19). The Morgan fingerprint density at radius 2 is 1.70 bits per heavy atom. The average Bonchev–Trinajstić information content (AvgIpc) is 3.19. The minimum atomic E-state index is -0.967. The molecule has 2 atom stereocenters. The van der Waals surface area contributed by atoms with E-state index in [9.17, 15) is 9.59 Å². The summed E-state index contributed by atoms with van der Waals surface area (Å²) in [5.74, 6) is 0.0749. The van der Waals surface area contributed by atoms with Crippen LogP contribution in [0.4, 0.5) is 5.69 Å². The van der Waals surface area contributed by atoms with Gasteiger partial charge in [0.05, 0.1) is 0 Å². The Labute approximate surface area is 118 Å². The number of para-hydroxylation sites is 1. The highest BCUT2D eigenvalue weighted by Gasteiger charge is 2.56. The Morgan fingerprint density at radius 1 is 1.10 bits per heavy atom. The van der Waals surface area contributed by atoms with Crippen LogP contribution in [-0.4, -0.2) is 23.5 Å². The van der Waals surface area contributed by atoms with Crippen LogP contribution in [0.3, 0.4) is 0 Å². The predicted octanol–water partition coefficient (Wildman–Crippen LogP) is 2.54. The van der Waals surface area contributed by atoms with E-state index in [-0.39, 0.29) is 18.4 Å². The lowest BCUT2D eigenvalue weighted by molar-refractivity contribution is -0.136. The van der Waals surface area contributed by atoms with Gasteiger partial charge in [0, 0.05) is 11.6 Å². The number of carboxylic acid groups (broad SMARTS) is 1. The van der Waals surface area contributed by atoms with Crippen LogP contribution in [0.15, 0.2) is 30.3 Å². The van der Waals surface area contributed by atoms with Crippen LogP contribution in [-0.2, 0) is 9.59 Å². The number of anilines is 1. The number of hydrogen-bond donors (Lipinski definition) is 1. The zero-order valence-electron chi connectivity index (χ0n) is 11.4. The van der Waals surface area contributed by atoms with Crippen LogP contribution in [0.1, 0.15) is 25.7 Å². The van der Waals surface area contributed by atoms with Gasteiger partial charge >= 0.3 is 5.97 Å². The Morgan fingerprint density at radius 3 is 2.25 bits per heavy atom. The van der Waals surface area contributed by atoms with E-state index in [4.69, 9.17) is 5.11 Å². The SMILES string of the molecule is O=C(O)CN(C(=O)C1C2CCCCC21)c1ccccc1. The molecular weight excluding hydrogens is 254 g/mol. The van der Waals surface area contributed by atoms with Crippen molar-refractivity contribution in [1.29, 1.82) is 0 Å². The second-order valence-corrected chi connectivity index (χ2v) is 5.79. The van der Waals surface area contributed by atoms with Crippen LogP contribution in [0.5, 0.6) is 0 Å². The summed E-state index contributed by atoms with van der Waals surface area (Å²) in [5, 5.41) is 9.06. The van der Waals surface area contributed by atoms with Crippen LogP contribution < -0.4 is 4.90 Å². The number of nitrogens with zero attached hydrogens (tertiary/aromatic N) is 1. The van der Waals surface area contributed by atoms with Crippen LogP contribution >= 0.6 is 0 Å². The molecule has 4 nitrogen and oxygen atoms in total. The normalized spacial score (nSPS) is 27.5. The lowest BCUT2D eigenvalue weighted by Gasteiger charge is -2.21. The van der Waals surface area contributed by atoms with Crippen molar-refractivity contribution in [2.75, 3.05) is 11.4 Å².